The fourth-order valence-electron chi connectivity index (χ4n) is 1.63. The Morgan fingerprint density at radius 2 is 2.28 bits per heavy atom. The van der Waals surface area contributed by atoms with Crippen molar-refractivity contribution in [3.8, 4) is 5.75 Å². The van der Waals surface area contributed by atoms with Crippen LogP contribution in [0.15, 0.2) is 18.2 Å². The van der Waals surface area contributed by atoms with Crippen LogP contribution < -0.4 is 15.4 Å². The van der Waals surface area contributed by atoms with Crippen LogP contribution >= 0.6 is 24.0 Å². The monoisotopic (exact) mass is 290 g/mol. The lowest BCUT2D eigenvalue weighted by Crippen LogP contribution is -2.50. The van der Waals surface area contributed by atoms with Crippen LogP contribution in [0.5, 0.6) is 5.75 Å². The predicted octanol–water partition coefficient (Wildman–Crippen LogP) is 1.61. The average Bonchev–Trinajstić information content (AvgIpc) is 2.24. The van der Waals surface area contributed by atoms with Gasteiger partial charge in [-0.15, -0.1) is 12.4 Å². The Bertz CT molecular complexity index is 423. The standard InChI is InChI=1S/C12H15ClN2O2.ClH/c1-17-11-3-2-8(4-10(11)13)5-15-12(16)9-6-14-7-9;/h2-4,9,14H,5-7H2,1H3,(H,15,16);1H. The van der Waals surface area contributed by atoms with Gasteiger partial charge in [-0.25, -0.2) is 0 Å². The van der Waals surface area contributed by atoms with Gasteiger partial charge in [0.2, 0.25) is 5.91 Å². The summed E-state index contributed by atoms with van der Waals surface area (Å²) in [5.74, 6) is 0.851. The highest BCUT2D eigenvalue weighted by Crippen LogP contribution is 2.24. The average molecular weight is 291 g/mol. The van der Waals surface area contributed by atoms with Crippen molar-refractivity contribution in [3.05, 3.63) is 28.8 Å². The number of ether oxygens (including phenoxy) is 1. The van der Waals surface area contributed by atoms with Crippen LogP contribution in [0.4, 0.5) is 0 Å². The molecule has 100 valence electrons. The van der Waals surface area contributed by atoms with Crippen LogP contribution in [0.2, 0.25) is 5.02 Å². The van der Waals surface area contributed by atoms with Gasteiger partial charge in [-0.2, -0.15) is 0 Å². The van der Waals surface area contributed by atoms with Gasteiger partial charge >= 0.3 is 0 Å². The number of hydrogen-bond donors (Lipinski definition) is 2. The zero-order chi connectivity index (χ0) is 12.3. The lowest BCUT2D eigenvalue weighted by Gasteiger charge is -2.25. The van der Waals surface area contributed by atoms with Gasteiger partial charge in [0.1, 0.15) is 5.75 Å². The Kier molecular flexibility index (Phi) is 5.72. The van der Waals surface area contributed by atoms with Crippen molar-refractivity contribution >= 4 is 29.9 Å². The summed E-state index contributed by atoms with van der Waals surface area (Å²) in [6, 6.07) is 5.50. The minimum absolute atomic E-state index is 0. The number of benzene rings is 1. The molecular weight excluding hydrogens is 275 g/mol. The number of amides is 1. The molecule has 2 rings (SSSR count). The summed E-state index contributed by atoms with van der Waals surface area (Å²) in [6.07, 6.45) is 0. The van der Waals surface area contributed by atoms with E-state index in [-0.39, 0.29) is 24.2 Å². The van der Waals surface area contributed by atoms with E-state index in [4.69, 9.17) is 16.3 Å². The fourth-order valence-corrected chi connectivity index (χ4v) is 1.91. The summed E-state index contributed by atoms with van der Waals surface area (Å²) in [7, 11) is 1.58. The van der Waals surface area contributed by atoms with E-state index in [9.17, 15) is 4.79 Å². The van der Waals surface area contributed by atoms with E-state index >= 15 is 0 Å². The molecule has 4 nitrogen and oxygen atoms in total. The first-order valence-electron chi connectivity index (χ1n) is 5.51. The third-order valence-electron chi connectivity index (χ3n) is 2.84. The summed E-state index contributed by atoms with van der Waals surface area (Å²) < 4.78 is 5.06. The maximum absolute atomic E-state index is 11.6. The molecule has 0 unspecified atom stereocenters. The molecule has 1 aliphatic rings. The lowest BCUT2D eigenvalue weighted by molar-refractivity contribution is -0.126. The Morgan fingerprint density at radius 3 is 2.78 bits per heavy atom. The predicted molar refractivity (Wildman–Crippen MR) is 73.5 cm³/mol. The van der Waals surface area contributed by atoms with Gasteiger partial charge in [-0.1, -0.05) is 17.7 Å². The van der Waals surface area contributed by atoms with E-state index in [0.717, 1.165) is 18.7 Å². The molecule has 1 saturated heterocycles. The maximum atomic E-state index is 11.6. The molecule has 0 bridgehead atoms. The minimum Gasteiger partial charge on any atom is -0.495 e. The van der Waals surface area contributed by atoms with Gasteiger partial charge in [0.05, 0.1) is 18.1 Å². The third kappa shape index (κ3) is 3.51. The number of methoxy groups -OCH3 is 1. The minimum atomic E-state index is 0. The van der Waals surface area contributed by atoms with E-state index < -0.39 is 0 Å². The highest BCUT2D eigenvalue weighted by atomic mass is 35.5. The number of carbonyl (C=O) groups excluding carboxylic acids is 1. The van der Waals surface area contributed by atoms with E-state index in [1.807, 2.05) is 6.07 Å². The number of halogens is 2. The van der Waals surface area contributed by atoms with Gasteiger partial charge in [-0.05, 0) is 17.7 Å². The van der Waals surface area contributed by atoms with E-state index in [1.165, 1.54) is 0 Å². The molecule has 18 heavy (non-hydrogen) atoms. The molecule has 1 amide bonds. The number of rotatable bonds is 4. The summed E-state index contributed by atoms with van der Waals surface area (Å²) in [5, 5.41) is 6.51. The Balaban J connectivity index is 0.00000162. The van der Waals surface area contributed by atoms with Crippen LogP contribution in [0, 0.1) is 5.92 Å². The van der Waals surface area contributed by atoms with Crippen molar-refractivity contribution in [1.82, 2.24) is 10.6 Å². The molecule has 0 saturated carbocycles. The van der Waals surface area contributed by atoms with Crippen LogP contribution in [-0.2, 0) is 11.3 Å². The molecule has 1 aliphatic heterocycles. The Labute approximate surface area is 117 Å². The largest absolute Gasteiger partial charge is 0.495 e. The van der Waals surface area contributed by atoms with E-state index in [0.29, 0.717) is 17.3 Å². The molecule has 0 atom stereocenters. The molecule has 6 heteroatoms. The maximum Gasteiger partial charge on any atom is 0.225 e. The first-order chi connectivity index (χ1) is 8.20. The first-order valence-corrected chi connectivity index (χ1v) is 5.89. The topological polar surface area (TPSA) is 50.4 Å². The lowest BCUT2D eigenvalue weighted by atomic mass is 10.0. The molecule has 0 aromatic heterocycles. The third-order valence-corrected chi connectivity index (χ3v) is 3.13. The summed E-state index contributed by atoms with van der Waals surface area (Å²) >= 11 is 6.00. The van der Waals surface area contributed by atoms with E-state index in [1.54, 1.807) is 19.2 Å². The Morgan fingerprint density at radius 1 is 1.56 bits per heavy atom. The fraction of sp³-hybridized carbons (Fsp3) is 0.417. The normalized spacial score (nSPS) is 14.3. The number of hydrogen-bond acceptors (Lipinski definition) is 3. The van der Waals surface area contributed by atoms with Crippen molar-refractivity contribution in [2.45, 2.75) is 6.54 Å². The zero-order valence-electron chi connectivity index (χ0n) is 10.0. The summed E-state index contributed by atoms with van der Waals surface area (Å²) in [4.78, 5) is 11.6. The zero-order valence-corrected chi connectivity index (χ0v) is 11.6. The van der Waals surface area contributed by atoms with Crippen LogP contribution in [0.3, 0.4) is 0 Å². The number of nitrogens with one attached hydrogen (secondary N) is 2. The Hall–Kier alpha value is -0.970. The highest BCUT2D eigenvalue weighted by molar-refractivity contribution is 6.32. The van der Waals surface area contributed by atoms with Gasteiger partial charge in [-0.3, -0.25) is 4.79 Å². The molecule has 1 heterocycles. The molecule has 0 aliphatic carbocycles. The van der Waals surface area contributed by atoms with Crippen molar-refractivity contribution < 1.29 is 9.53 Å². The second kappa shape index (κ2) is 6.83. The SMILES string of the molecule is COc1ccc(CNC(=O)C2CNC2)cc1Cl.Cl. The van der Waals surface area contributed by atoms with E-state index in [2.05, 4.69) is 10.6 Å². The molecule has 0 spiro atoms. The van der Waals surface area contributed by atoms with Gasteiger partial charge in [0.25, 0.3) is 0 Å². The smallest absolute Gasteiger partial charge is 0.225 e. The summed E-state index contributed by atoms with van der Waals surface area (Å²) in [6.45, 7) is 2.05. The van der Waals surface area contributed by atoms with Crippen LogP contribution in [0.25, 0.3) is 0 Å². The van der Waals surface area contributed by atoms with Crippen molar-refractivity contribution in [2.75, 3.05) is 20.2 Å². The second-order valence-corrected chi connectivity index (χ2v) is 4.45. The second-order valence-electron chi connectivity index (χ2n) is 4.04. The van der Waals surface area contributed by atoms with Crippen molar-refractivity contribution in [3.63, 3.8) is 0 Å². The van der Waals surface area contributed by atoms with Crippen molar-refractivity contribution in [1.29, 1.82) is 0 Å². The molecule has 0 radical (unpaired) electrons. The first kappa shape index (κ1) is 15.1. The molecule has 1 aromatic carbocycles. The highest BCUT2D eigenvalue weighted by Gasteiger charge is 2.24. The molecule has 1 fully saturated rings. The molecular formula is C12H16Cl2N2O2. The van der Waals surface area contributed by atoms with Crippen LogP contribution in [-0.4, -0.2) is 26.1 Å². The molecule has 1 aromatic rings. The van der Waals surface area contributed by atoms with Gasteiger partial charge in [0.15, 0.2) is 0 Å². The quantitative estimate of drug-likeness (QED) is 0.886. The van der Waals surface area contributed by atoms with Gasteiger partial charge in [0, 0.05) is 19.6 Å². The van der Waals surface area contributed by atoms with Crippen molar-refractivity contribution in [2.24, 2.45) is 5.92 Å². The summed E-state index contributed by atoms with van der Waals surface area (Å²) in [5.41, 5.74) is 0.969. The molecule has 2 N–H and O–H groups in total. The van der Waals surface area contributed by atoms with Crippen LogP contribution in [0.1, 0.15) is 5.56 Å². The van der Waals surface area contributed by atoms with Gasteiger partial charge < -0.3 is 15.4 Å². The number of carbonyl (C=O) groups is 1.